The predicted octanol–water partition coefficient (Wildman–Crippen LogP) is 3.38. The Morgan fingerprint density at radius 1 is 1.18 bits per heavy atom. The van der Waals surface area contributed by atoms with Crippen LogP contribution in [-0.4, -0.2) is 49.6 Å². The Balaban J connectivity index is 1.45. The van der Waals surface area contributed by atoms with Crippen molar-refractivity contribution in [2.24, 2.45) is 0 Å². The third-order valence-electron chi connectivity index (χ3n) is 6.08. The van der Waals surface area contributed by atoms with Crippen molar-refractivity contribution in [3.8, 4) is 11.3 Å². The lowest BCUT2D eigenvalue weighted by Gasteiger charge is -2.28. The summed E-state index contributed by atoms with van der Waals surface area (Å²) in [5.41, 5.74) is 5.89. The molecule has 9 nitrogen and oxygen atoms in total. The van der Waals surface area contributed by atoms with Crippen LogP contribution in [0.15, 0.2) is 55.2 Å². The monoisotopic (exact) mass is 457 g/mol. The molecular weight excluding hydrogens is 430 g/mol. The van der Waals surface area contributed by atoms with Gasteiger partial charge in [0.05, 0.1) is 41.2 Å². The molecule has 0 atom stereocenters. The molecule has 5 rings (SSSR count). The van der Waals surface area contributed by atoms with Gasteiger partial charge >= 0.3 is 0 Å². The van der Waals surface area contributed by atoms with Crippen LogP contribution in [0.5, 0.6) is 0 Å². The molecule has 34 heavy (non-hydrogen) atoms. The molecule has 1 aliphatic rings. The van der Waals surface area contributed by atoms with Crippen LogP contribution in [0, 0.1) is 0 Å². The first-order valence-corrected chi connectivity index (χ1v) is 11.4. The molecule has 0 saturated carbocycles. The van der Waals surface area contributed by atoms with Crippen LogP contribution in [0.1, 0.15) is 36.2 Å². The molecule has 4 heterocycles. The lowest BCUT2D eigenvalue weighted by Crippen LogP contribution is -2.32. The van der Waals surface area contributed by atoms with Gasteiger partial charge in [-0.1, -0.05) is 6.07 Å². The number of anilines is 3. The van der Waals surface area contributed by atoms with E-state index in [0.717, 1.165) is 34.7 Å². The third kappa shape index (κ3) is 3.94. The van der Waals surface area contributed by atoms with Crippen LogP contribution in [-0.2, 0) is 6.54 Å². The number of amides is 1. The maximum absolute atomic E-state index is 12.7. The van der Waals surface area contributed by atoms with E-state index in [4.69, 9.17) is 0 Å². The lowest BCUT2D eigenvalue weighted by molar-refractivity contribution is 0.0966. The number of carbonyl (C=O) groups excluding carboxylic acids is 1. The summed E-state index contributed by atoms with van der Waals surface area (Å²) in [5.74, 6) is 0.548. The second kappa shape index (κ2) is 9.11. The molecule has 0 radical (unpaired) electrons. The first-order valence-electron chi connectivity index (χ1n) is 11.4. The molecule has 1 amide bonds. The number of imidazole rings is 1. The Morgan fingerprint density at radius 3 is 2.82 bits per heavy atom. The standard InChI is InChI=1S/C25H27N7O2/c1-16(2)31(9-3-11-33)17-4-7-22(27-12-17)30-20-6-5-18(19-13-29-25(34)24(19)20)21-14-28-23-15-26-8-10-32(21)23/h4-8,10,12,14-16,33H,3,9,11,13H2,1-2H3,(H,27,30)(H,29,34). The van der Waals surface area contributed by atoms with Gasteiger partial charge in [-0.2, -0.15) is 0 Å². The Kier molecular flexibility index (Phi) is 5.85. The molecule has 9 heteroatoms. The van der Waals surface area contributed by atoms with Crippen molar-refractivity contribution in [1.82, 2.24) is 24.7 Å². The van der Waals surface area contributed by atoms with Crippen molar-refractivity contribution >= 4 is 28.7 Å². The van der Waals surface area contributed by atoms with Crippen molar-refractivity contribution in [3.05, 3.63) is 66.4 Å². The molecule has 174 valence electrons. The fourth-order valence-electron chi connectivity index (χ4n) is 4.43. The van der Waals surface area contributed by atoms with Crippen molar-refractivity contribution in [2.45, 2.75) is 32.9 Å². The van der Waals surface area contributed by atoms with E-state index in [0.29, 0.717) is 36.1 Å². The Hall–Kier alpha value is -3.98. The zero-order chi connectivity index (χ0) is 23.7. The fourth-order valence-corrected chi connectivity index (χ4v) is 4.43. The highest BCUT2D eigenvalue weighted by molar-refractivity contribution is 6.06. The summed E-state index contributed by atoms with van der Waals surface area (Å²) in [6.45, 7) is 5.61. The molecule has 3 aromatic heterocycles. The topological polar surface area (TPSA) is 108 Å². The zero-order valence-corrected chi connectivity index (χ0v) is 19.2. The van der Waals surface area contributed by atoms with Crippen LogP contribution < -0.4 is 15.5 Å². The van der Waals surface area contributed by atoms with Crippen molar-refractivity contribution in [1.29, 1.82) is 0 Å². The molecule has 0 fully saturated rings. The smallest absolute Gasteiger partial charge is 0.254 e. The van der Waals surface area contributed by atoms with E-state index in [2.05, 4.69) is 44.3 Å². The second-order valence-corrected chi connectivity index (χ2v) is 8.54. The normalized spacial score (nSPS) is 12.8. The van der Waals surface area contributed by atoms with Crippen molar-refractivity contribution in [3.63, 3.8) is 0 Å². The van der Waals surface area contributed by atoms with Gasteiger partial charge in [0, 0.05) is 43.7 Å². The number of rotatable bonds is 8. The summed E-state index contributed by atoms with van der Waals surface area (Å²) in [6, 6.07) is 8.13. The first kappa shape index (κ1) is 21.8. The highest BCUT2D eigenvalue weighted by Crippen LogP contribution is 2.35. The van der Waals surface area contributed by atoms with Gasteiger partial charge in [0.1, 0.15) is 5.82 Å². The van der Waals surface area contributed by atoms with Gasteiger partial charge in [-0.15, -0.1) is 0 Å². The van der Waals surface area contributed by atoms with E-state index in [1.54, 1.807) is 18.6 Å². The van der Waals surface area contributed by atoms with Gasteiger partial charge < -0.3 is 20.6 Å². The van der Waals surface area contributed by atoms with Gasteiger partial charge in [-0.05, 0) is 44.0 Å². The summed E-state index contributed by atoms with van der Waals surface area (Å²) < 4.78 is 1.97. The molecule has 0 spiro atoms. The Bertz CT molecular complexity index is 1330. The zero-order valence-electron chi connectivity index (χ0n) is 19.2. The summed E-state index contributed by atoms with van der Waals surface area (Å²) in [4.78, 5) is 28.1. The second-order valence-electron chi connectivity index (χ2n) is 8.54. The molecule has 0 unspecified atom stereocenters. The quantitative estimate of drug-likeness (QED) is 0.372. The van der Waals surface area contributed by atoms with Gasteiger partial charge in [0.2, 0.25) is 0 Å². The Morgan fingerprint density at radius 2 is 2.06 bits per heavy atom. The molecule has 0 saturated heterocycles. The first-order chi connectivity index (χ1) is 16.6. The van der Waals surface area contributed by atoms with Crippen molar-refractivity contribution in [2.75, 3.05) is 23.4 Å². The summed E-state index contributed by atoms with van der Waals surface area (Å²) in [7, 11) is 0. The number of benzene rings is 1. The van der Waals surface area contributed by atoms with E-state index < -0.39 is 0 Å². The highest BCUT2D eigenvalue weighted by Gasteiger charge is 2.27. The SMILES string of the molecule is CC(C)N(CCCO)c1ccc(Nc2ccc(-c3cnc4cnccn34)c3c2C(=O)NC3)nc1. The Labute approximate surface area is 197 Å². The number of aliphatic hydroxyl groups is 1. The summed E-state index contributed by atoms with van der Waals surface area (Å²) in [5, 5.41) is 15.5. The third-order valence-corrected chi connectivity index (χ3v) is 6.08. The largest absolute Gasteiger partial charge is 0.396 e. The van der Waals surface area contributed by atoms with E-state index in [1.165, 1.54) is 0 Å². The van der Waals surface area contributed by atoms with Gasteiger partial charge in [0.15, 0.2) is 5.65 Å². The summed E-state index contributed by atoms with van der Waals surface area (Å²) >= 11 is 0. The van der Waals surface area contributed by atoms with Gasteiger partial charge in [0.25, 0.3) is 5.91 Å². The molecule has 0 bridgehead atoms. The number of fused-ring (bicyclic) bond motifs is 2. The minimum atomic E-state index is -0.110. The van der Waals surface area contributed by atoms with E-state index in [1.807, 2.05) is 41.1 Å². The predicted molar refractivity (Wildman–Crippen MR) is 131 cm³/mol. The van der Waals surface area contributed by atoms with E-state index in [9.17, 15) is 9.90 Å². The number of nitrogens with zero attached hydrogens (tertiary/aromatic N) is 5. The fraction of sp³-hybridized carbons (Fsp3) is 0.280. The van der Waals surface area contributed by atoms with Crippen LogP contribution in [0.2, 0.25) is 0 Å². The maximum Gasteiger partial charge on any atom is 0.254 e. The van der Waals surface area contributed by atoms with Crippen LogP contribution in [0.4, 0.5) is 17.2 Å². The van der Waals surface area contributed by atoms with Crippen LogP contribution in [0.3, 0.4) is 0 Å². The minimum absolute atomic E-state index is 0.110. The average Bonchev–Trinajstić information content (AvgIpc) is 3.45. The lowest BCUT2D eigenvalue weighted by atomic mass is 9.99. The molecule has 3 N–H and O–H groups in total. The van der Waals surface area contributed by atoms with E-state index >= 15 is 0 Å². The number of carbonyl (C=O) groups is 1. The number of hydrogen-bond donors (Lipinski definition) is 3. The molecule has 1 aliphatic heterocycles. The van der Waals surface area contributed by atoms with Gasteiger partial charge in [-0.25, -0.2) is 9.97 Å². The van der Waals surface area contributed by atoms with E-state index in [-0.39, 0.29) is 12.5 Å². The number of pyridine rings is 1. The number of aromatic nitrogens is 4. The average molecular weight is 458 g/mol. The summed E-state index contributed by atoms with van der Waals surface area (Å²) in [6.07, 6.45) is 9.63. The van der Waals surface area contributed by atoms with Crippen molar-refractivity contribution < 1.29 is 9.90 Å². The number of aliphatic hydroxyl groups excluding tert-OH is 1. The van der Waals surface area contributed by atoms with Crippen LogP contribution in [0.25, 0.3) is 16.9 Å². The highest BCUT2D eigenvalue weighted by atomic mass is 16.3. The number of nitrogens with one attached hydrogen (secondary N) is 2. The maximum atomic E-state index is 12.7. The van der Waals surface area contributed by atoms with Crippen LogP contribution >= 0.6 is 0 Å². The molecular formula is C25H27N7O2. The molecule has 4 aromatic rings. The molecule has 0 aliphatic carbocycles. The minimum Gasteiger partial charge on any atom is -0.396 e. The number of hydrogen-bond acceptors (Lipinski definition) is 7. The molecule has 1 aromatic carbocycles. The van der Waals surface area contributed by atoms with Gasteiger partial charge in [-0.3, -0.25) is 14.2 Å².